The van der Waals surface area contributed by atoms with Gasteiger partial charge in [0.05, 0.1) is 9.95 Å². The van der Waals surface area contributed by atoms with Crippen molar-refractivity contribution in [3.63, 3.8) is 0 Å². The van der Waals surface area contributed by atoms with Crippen LogP contribution in [0.1, 0.15) is 10.4 Å². The minimum atomic E-state index is -0.589. The number of halogens is 1. The Hall–Kier alpha value is -3.24. The van der Waals surface area contributed by atoms with Gasteiger partial charge in [0.1, 0.15) is 5.75 Å². The van der Waals surface area contributed by atoms with E-state index in [0.717, 1.165) is 0 Å². The fourth-order valence-corrected chi connectivity index (χ4v) is 2.17. The molecular weight excluding hydrogens is 396 g/mol. The number of rotatable bonds is 5. The number of nitrogens with zero attached hydrogens (tertiary/aromatic N) is 1. The largest absolute Gasteiger partial charge is 0.482 e. The maximum atomic E-state index is 11.9. The van der Waals surface area contributed by atoms with Crippen molar-refractivity contribution in [1.82, 2.24) is 16.2 Å². The van der Waals surface area contributed by atoms with E-state index in [1.807, 2.05) is 0 Å². The third-order valence-electron chi connectivity index (χ3n) is 3.08. The highest BCUT2D eigenvalue weighted by atomic mass is 35.5. The highest BCUT2D eigenvalue weighted by Crippen LogP contribution is 2.22. The number of amides is 2. The van der Waals surface area contributed by atoms with Gasteiger partial charge in [-0.2, -0.15) is 0 Å². The Balaban J connectivity index is 1.76. The fraction of sp³-hybridized carbons (Fsp3) is 0.0625. The molecule has 140 valence electrons. The van der Waals surface area contributed by atoms with Crippen LogP contribution in [0.5, 0.6) is 5.75 Å². The van der Waals surface area contributed by atoms with E-state index in [0.29, 0.717) is 10.8 Å². The van der Waals surface area contributed by atoms with Gasteiger partial charge in [0.2, 0.25) is 0 Å². The monoisotopic (exact) mass is 408 g/mol. The van der Waals surface area contributed by atoms with Crippen molar-refractivity contribution in [2.75, 3.05) is 6.61 Å². The number of benzene rings is 2. The lowest BCUT2D eigenvalue weighted by atomic mass is 10.2. The Morgan fingerprint density at radius 2 is 1.78 bits per heavy atom. The van der Waals surface area contributed by atoms with Gasteiger partial charge in [-0.3, -0.25) is 35.9 Å². The number of ether oxygens (including phenoxy) is 1. The van der Waals surface area contributed by atoms with Crippen molar-refractivity contribution in [3.05, 3.63) is 69.2 Å². The Morgan fingerprint density at radius 1 is 1.11 bits per heavy atom. The number of hydrazine groups is 1. The predicted molar refractivity (Wildman–Crippen MR) is 101 cm³/mol. The molecule has 0 aromatic heterocycles. The van der Waals surface area contributed by atoms with E-state index in [9.17, 15) is 19.7 Å². The molecule has 0 radical (unpaired) electrons. The topological polar surface area (TPSA) is 123 Å². The van der Waals surface area contributed by atoms with Crippen LogP contribution in [0.2, 0.25) is 5.02 Å². The number of hydrogen-bond donors (Lipinski definition) is 3. The number of nitrogens with one attached hydrogen (secondary N) is 3. The SMILES string of the molecule is O=C(COc1ccccc1Cl)NC(=S)NNC(=O)c1ccc([N+](=O)[O-])cc1. The molecule has 2 aromatic carbocycles. The van der Waals surface area contributed by atoms with E-state index in [4.69, 9.17) is 28.6 Å². The molecule has 0 aliphatic heterocycles. The number of para-hydroxylation sites is 1. The third-order valence-corrected chi connectivity index (χ3v) is 3.59. The van der Waals surface area contributed by atoms with Gasteiger partial charge in [0.25, 0.3) is 17.5 Å². The zero-order chi connectivity index (χ0) is 19.8. The van der Waals surface area contributed by atoms with Crippen molar-refractivity contribution < 1.29 is 19.2 Å². The standard InChI is InChI=1S/C16H13ClN4O5S/c17-12-3-1-2-4-13(12)26-9-14(22)18-16(27)20-19-15(23)10-5-7-11(8-6-10)21(24)25/h1-8H,9H2,(H,19,23)(H2,18,20,22,27). The lowest BCUT2D eigenvalue weighted by Gasteiger charge is -2.11. The molecule has 11 heteroatoms. The number of nitro benzene ring substituents is 1. The first-order chi connectivity index (χ1) is 12.9. The molecule has 0 atom stereocenters. The summed E-state index contributed by atoms with van der Waals surface area (Å²) >= 11 is 10.8. The van der Waals surface area contributed by atoms with Crippen molar-refractivity contribution >= 4 is 46.4 Å². The lowest BCUT2D eigenvalue weighted by Crippen LogP contribution is -2.49. The molecule has 2 rings (SSSR count). The van der Waals surface area contributed by atoms with Gasteiger partial charge in [0, 0.05) is 17.7 Å². The normalized spacial score (nSPS) is 9.81. The second-order valence-electron chi connectivity index (χ2n) is 4.98. The number of nitro groups is 1. The number of carbonyl (C=O) groups excluding carboxylic acids is 2. The summed E-state index contributed by atoms with van der Waals surface area (Å²) in [5, 5.41) is 13.1. The first-order valence-corrected chi connectivity index (χ1v) is 8.17. The molecule has 0 bridgehead atoms. The fourth-order valence-electron chi connectivity index (χ4n) is 1.82. The molecule has 0 saturated carbocycles. The summed E-state index contributed by atoms with van der Waals surface area (Å²) in [6.07, 6.45) is 0. The molecule has 0 fully saturated rings. The van der Waals surface area contributed by atoms with Gasteiger partial charge in [0.15, 0.2) is 11.7 Å². The number of non-ortho nitro benzene ring substituents is 1. The van der Waals surface area contributed by atoms with Crippen LogP contribution in [0.25, 0.3) is 0 Å². The molecule has 0 spiro atoms. The average Bonchev–Trinajstić information content (AvgIpc) is 2.65. The van der Waals surface area contributed by atoms with Crippen LogP contribution in [-0.4, -0.2) is 28.5 Å². The van der Waals surface area contributed by atoms with Gasteiger partial charge in [-0.1, -0.05) is 23.7 Å². The maximum Gasteiger partial charge on any atom is 0.269 e. The predicted octanol–water partition coefficient (Wildman–Crippen LogP) is 1.96. The second-order valence-corrected chi connectivity index (χ2v) is 5.79. The zero-order valence-corrected chi connectivity index (χ0v) is 15.2. The summed E-state index contributed by atoms with van der Waals surface area (Å²) in [5.74, 6) is -0.800. The number of carbonyl (C=O) groups is 2. The quantitative estimate of drug-likeness (QED) is 0.392. The molecule has 9 nitrogen and oxygen atoms in total. The van der Waals surface area contributed by atoms with E-state index in [2.05, 4.69) is 16.2 Å². The van der Waals surface area contributed by atoms with E-state index in [1.165, 1.54) is 24.3 Å². The van der Waals surface area contributed by atoms with E-state index in [-0.39, 0.29) is 23.0 Å². The van der Waals surface area contributed by atoms with Crippen LogP contribution in [0, 0.1) is 10.1 Å². The van der Waals surface area contributed by atoms with Crippen LogP contribution >= 0.6 is 23.8 Å². The lowest BCUT2D eigenvalue weighted by molar-refractivity contribution is -0.384. The summed E-state index contributed by atoms with van der Waals surface area (Å²) in [4.78, 5) is 33.7. The molecule has 27 heavy (non-hydrogen) atoms. The molecule has 0 aliphatic carbocycles. The zero-order valence-electron chi connectivity index (χ0n) is 13.6. The van der Waals surface area contributed by atoms with Crippen molar-refractivity contribution in [2.24, 2.45) is 0 Å². The maximum absolute atomic E-state index is 11.9. The van der Waals surface area contributed by atoms with Crippen molar-refractivity contribution in [3.8, 4) is 5.75 Å². The Labute approximate surface area is 163 Å². The molecule has 2 amide bonds. The van der Waals surface area contributed by atoms with Crippen LogP contribution in [0.4, 0.5) is 5.69 Å². The summed E-state index contributed by atoms with van der Waals surface area (Å²) in [7, 11) is 0. The molecule has 3 N–H and O–H groups in total. The Kier molecular flexibility index (Phi) is 7.03. The average molecular weight is 409 g/mol. The van der Waals surface area contributed by atoms with Crippen LogP contribution in [0.3, 0.4) is 0 Å². The molecule has 2 aromatic rings. The van der Waals surface area contributed by atoms with Gasteiger partial charge in [-0.05, 0) is 36.5 Å². The minimum absolute atomic E-state index is 0.138. The molecular formula is C16H13ClN4O5S. The summed E-state index contributed by atoms with van der Waals surface area (Å²) in [6.45, 7) is -0.331. The van der Waals surface area contributed by atoms with Crippen molar-refractivity contribution in [2.45, 2.75) is 0 Å². The molecule has 0 heterocycles. The van der Waals surface area contributed by atoms with E-state index in [1.54, 1.807) is 24.3 Å². The summed E-state index contributed by atoms with van der Waals surface area (Å²) in [5.41, 5.74) is 4.63. The minimum Gasteiger partial charge on any atom is -0.482 e. The van der Waals surface area contributed by atoms with E-state index < -0.39 is 16.7 Å². The van der Waals surface area contributed by atoms with Crippen LogP contribution in [-0.2, 0) is 4.79 Å². The molecule has 0 unspecified atom stereocenters. The number of hydrogen-bond acceptors (Lipinski definition) is 6. The molecule has 0 saturated heterocycles. The first-order valence-electron chi connectivity index (χ1n) is 7.39. The van der Waals surface area contributed by atoms with Crippen LogP contribution in [0.15, 0.2) is 48.5 Å². The smallest absolute Gasteiger partial charge is 0.269 e. The Bertz CT molecular complexity index is 875. The van der Waals surface area contributed by atoms with Gasteiger partial charge >= 0.3 is 0 Å². The number of thiocarbonyl (C=S) groups is 1. The van der Waals surface area contributed by atoms with Gasteiger partial charge in [-0.15, -0.1) is 0 Å². The van der Waals surface area contributed by atoms with Gasteiger partial charge in [-0.25, -0.2) is 0 Å². The van der Waals surface area contributed by atoms with Gasteiger partial charge < -0.3 is 4.74 Å². The van der Waals surface area contributed by atoms with Crippen molar-refractivity contribution in [1.29, 1.82) is 0 Å². The van der Waals surface area contributed by atoms with E-state index >= 15 is 0 Å². The molecule has 0 aliphatic rings. The third kappa shape index (κ3) is 6.20. The Morgan fingerprint density at radius 3 is 2.41 bits per heavy atom. The highest BCUT2D eigenvalue weighted by Gasteiger charge is 2.11. The first kappa shape index (κ1) is 20.1. The summed E-state index contributed by atoms with van der Waals surface area (Å²) in [6, 6.07) is 11.6. The van der Waals surface area contributed by atoms with Crippen LogP contribution < -0.4 is 20.9 Å². The highest BCUT2D eigenvalue weighted by molar-refractivity contribution is 7.80. The summed E-state index contributed by atoms with van der Waals surface area (Å²) < 4.78 is 5.25. The second kappa shape index (κ2) is 9.46.